The van der Waals surface area contributed by atoms with E-state index in [-0.39, 0.29) is 44.3 Å². The summed E-state index contributed by atoms with van der Waals surface area (Å²) in [5, 5.41) is 0. The van der Waals surface area contributed by atoms with Crippen molar-refractivity contribution in [2.75, 3.05) is 0 Å². The molecule has 1 aliphatic carbocycles. The largest absolute Gasteiger partial charge is 0.305 e. The topological polar surface area (TPSA) is 25.8 Å². The van der Waals surface area contributed by atoms with Gasteiger partial charge in [0.25, 0.3) is 0 Å². The molecular formula is C26H22IrN2-2. The second kappa shape index (κ2) is 10.8. The van der Waals surface area contributed by atoms with Crippen LogP contribution in [0.4, 0.5) is 0 Å². The first-order chi connectivity index (χ1) is 15.6. The third kappa shape index (κ3) is 5.47. The summed E-state index contributed by atoms with van der Waals surface area (Å²) < 4.78 is 30.1. The molecule has 29 heavy (non-hydrogen) atoms. The molecule has 1 radical (unpaired) electrons. The van der Waals surface area contributed by atoms with Crippen LogP contribution in [0, 0.1) is 12.1 Å². The molecule has 0 spiro atoms. The molecule has 0 amide bonds. The molecule has 2 aromatic carbocycles. The molecule has 0 atom stereocenters. The molecule has 147 valence electrons. The van der Waals surface area contributed by atoms with Gasteiger partial charge in [-0.05, 0) is 51.9 Å². The van der Waals surface area contributed by atoms with Crippen LogP contribution in [0.2, 0.25) is 0 Å². The van der Waals surface area contributed by atoms with Gasteiger partial charge in [-0.2, -0.15) is 0 Å². The Balaban J connectivity index is 0.000000180. The molecule has 2 nitrogen and oxygen atoms in total. The fraction of sp³-hybridized carbons (Fsp3) is 0.154. The van der Waals surface area contributed by atoms with E-state index in [1.807, 2.05) is 18.3 Å². The molecular weight excluding hydrogens is 533 g/mol. The summed E-state index contributed by atoms with van der Waals surface area (Å²) in [7, 11) is 0. The van der Waals surface area contributed by atoms with E-state index in [9.17, 15) is 0 Å². The number of fused-ring (bicyclic) bond motifs is 1. The van der Waals surface area contributed by atoms with Gasteiger partial charge in [0, 0.05) is 35.2 Å². The number of hydrogen-bond donors (Lipinski definition) is 0. The molecule has 0 aliphatic heterocycles. The Kier molecular flexibility index (Phi) is 6.04. The second-order valence-corrected chi connectivity index (χ2v) is 6.50. The van der Waals surface area contributed by atoms with Gasteiger partial charge in [0.15, 0.2) is 0 Å². The van der Waals surface area contributed by atoms with Gasteiger partial charge in [-0.25, -0.2) is 0 Å². The Morgan fingerprint density at radius 1 is 0.828 bits per heavy atom. The SMILES string of the molecule is [2H]c1[c-]c(-c2ccccn2)c([2H])c([2H])c1[2H].[Ir].[c-]1ccccc1-c1nccc2c1CCCC2. The molecule has 0 N–H and O–H groups in total. The van der Waals surface area contributed by atoms with Crippen molar-refractivity contribution in [2.45, 2.75) is 25.7 Å². The minimum Gasteiger partial charge on any atom is -0.305 e. The van der Waals surface area contributed by atoms with Crippen molar-refractivity contribution in [3.05, 3.63) is 108 Å². The van der Waals surface area contributed by atoms with E-state index in [1.54, 1.807) is 24.4 Å². The van der Waals surface area contributed by atoms with Crippen LogP contribution in [0.25, 0.3) is 22.5 Å². The van der Waals surface area contributed by atoms with E-state index in [2.05, 4.69) is 40.3 Å². The maximum atomic E-state index is 7.71. The van der Waals surface area contributed by atoms with Crippen LogP contribution in [0.5, 0.6) is 0 Å². The summed E-state index contributed by atoms with van der Waals surface area (Å²) in [5.41, 5.74) is 5.98. The Labute approximate surface area is 192 Å². The van der Waals surface area contributed by atoms with E-state index in [4.69, 9.17) is 5.48 Å². The Bertz CT molecular complexity index is 1220. The number of nitrogens with zero attached hydrogens (tertiary/aromatic N) is 2. The van der Waals surface area contributed by atoms with E-state index in [1.165, 1.54) is 36.8 Å². The molecule has 0 unspecified atom stereocenters. The van der Waals surface area contributed by atoms with Crippen molar-refractivity contribution in [2.24, 2.45) is 0 Å². The van der Waals surface area contributed by atoms with Crippen molar-refractivity contribution in [1.82, 2.24) is 9.97 Å². The standard InChI is InChI=1S/C15H14N.C11H8N.Ir/c1-2-7-13(8-3-1)15-14-9-5-4-6-12(14)10-11-16-15;1-2-6-10(7-3-1)11-8-4-5-9-12-11;/h1-3,7,10-11H,4-6,9H2;1-6,8-9H;/q2*-1;/i;1D,2D,3D,6D;. The monoisotopic (exact) mass is 559 g/mol. The van der Waals surface area contributed by atoms with Gasteiger partial charge in [0.1, 0.15) is 0 Å². The van der Waals surface area contributed by atoms with Gasteiger partial charge in [-0.1, -0.05) is 23.3 Å². The summed E-state index contributed by atoms with van der Waals surface area (Å²) >= 11 is 0. The van der Waals surface area contributed by atoms with Gasteiger partial charge in [0.05, 0.1) is 0 Å². The molecule has 2 aromatic heterocycles. The molecule has 0 fully saturated rings. The van der Waals surface area contributed by atoms with Crippen LogP contribution in [0.15, 0.2) is 85.1 Å². The number of rotatable bonds is 2. The molecule has 0 saturated heterocycles. The number of aryl methyl sites for hydroxylation is 1. The predicted molar refractivity (Wildman–Crippen MR) is 114 cm³/mol. The molecule has 5 rings (SSSR count). The summed E-state index contributed by atoms with van der Waals surface area (Å²) in [4.78, 5) is 8.57. The summed E-state index contributed by atoms with van der Waals surface area (Å²) in [5.74, 6) is 0. The Morgan fingerprint density at radius 2 is 1.72 bits per heavy atom. The zero-order chi connectivity index (χ0) is 22.5. The fourth-order valence-corrected chi connectivity index (χ4v) is 3.32. The predicted octanol–water partition coefficient (Wildman–Crippen LogP) is 5.97. The molecule has 0 bridgehead atoms. The first-order valence-electron chi connectivity index (χ1n) is 11.4. The van der Waals surface area contributed by atoms with E-state index in [0.29, 0.717) is 11.3 Å². The normalized spacial score (nSPS) is 13.9. The fourth-order valence-electron chi connectivity index (χ4n) is 3.32. The van der Waals surface area contributed by atoms with Crippen molar-refractivity contribution < 1.29 is 25.6 Å². The first kappa shape index (κ1) is 16.2. The maximum absolute atomic E-state index is 7.71. The molecule has 4 aromatic rings. The average molecular weight is 559 g/mol. The number of pyridine rings is 2. The Hall–Kier alpha value is -2.61. The molecule has 3 heteroatoms. The number of benzene rings is 2. The average Bonchev–Trinajstić information content (AvgIpc) is 2.86. The van der Waals surface area contributed by atoms with E-state index in [0.717, 1.165) is 11.3 Å². The summed E-state index contributed by atoms with van der Waals surface area (Å²) in [6.45, 7) is 0. The van der Waals surface area contributed by atoms with Crippen LogP contribution < -0.4 is 0 Å². The second-order valence-electron chi connectivity index (χ2n) is 6.50. The van der Waals surface area contributed by atoms with Gasteiger partial charge in [0.2, 0.25) is 0 Å². The number of aromatic nitrogens is 2. The van der Waals surface area contributed by atoms with Crippen LogP contribution in [-0.2, 0) is 32.9 Å². The zero-order valence-electron chi connectivity index (χ0n) is 19.8. The van der Waals surface area contributed by atoms with Crippen molar-refractivity contribution in [3.63, 3.8) is 0 Å². The van der Waals surface area contributed by atoms with Crippen LogP contribution in [0.3, 0.4) is 0 Å². The van der Waals surface area contributed by atoms with Crippen LogP contribution in [-0.4, -0.2) is 9.97 Å². The van der Waals surface area contributed by atoms with Crippen LogP contribution >= 0.6 is 0 Å². The van der Waals surface area contributed by atoms with Gasteiger partial charge < -0.3 is 9.97 Å². The minimum absolute atomic E-state index is 0. The molecule has 0 saturated carbocycles. The van der Waals surface area contributed by atoms with E-state index >= 15 is 0 Å². The van der Waals surface area contributed by atoms with Gasteiger partial charge >= 0.3 is 0 Å². The zero-order valence-corrected chi connectivity index (χ0v) is 18.2. The number of hydrogen-bond acceptors (Lipinski definition) is 2. The van der Waals surface area contributed by atoms with Gasteiger partial charge in [-0.3, -0.25) is 0 Å². The minimum atomic E-state index is -0.273. The first-order valence-corrected chi connectivity index (χ1v) is 9.41. The third-order valence-electron chi connectivity index (χ3n) is 4.66. The third-order valence-corrected chi connectivity index (χ3v) is 4.66. The summed E-state index contributed by atoms with van der Waals surface area (Å²) in [6.07, 6.45) is 8.48. The smallest absolute Gasteiger partial charge is 0.0406 e. The van der Waals surface area contributed by atoms with Crippen molar-refractivity contribution in [3.8, 4) is 22.5 Å². The Morgan fingerprint density at radius 3 is 2.55 bits per heavy atom. The van der Waals surface area contributed by atoms with E-state index < -0.39 is 0 Å². The molecule has 1 aliphatic rings. The van der Waals surface area contributed by atoms with Crippen LogP contribution in [0.1, 0.15) is 29.5 Å². The molecule has 2 heterocycles. The van der Waals surface area contributed by atoms with Crippen molar-refractivity contribution in [1.29, 1.82) is 0 Å². The van der Waals surface area contributed by atoms with Gasteiger partial charge in [-0.15, -0.1) is 71.7 Å². The summed E-state index contributed by atoms with van der Waals surface area (Å²) in [6, 6.07) is 20.5. The van der Waals surface area contributed by atoms with Crippen molar-refractivity contribution >= 4 is 0 Å². The maximum Gasteiger partial charge on any atom is 0.0406 e. The quantitative estimate of drug-likeness (QED) is 0.283.